The number of hydrogen-bond donors (Lipinski definition) is 1. The Labute approximate surface area is 179 Å². The van der Waals surface area contributed by atoms with E-state index in [4.69, 9.17) is 21.7 Å². The van der Waals surface area contributed by atoms with Gasteiger partial charge in [0.1, 0.15) is 11.9 Å². The van der Waals surface area contributed by atoms with Gasteiger partial charge in [0.15, 0.2) is 16.6 Å². The molecule has 7 nitrogen and oxygen atoms in total. The zero-order valence-corrected chi connectivity index (χ0v) is 17.7. The number of likely N-dealkylation sites (N-methyl/N-ethyl adjacent to an activating group) is 1. The summed E-state index contributed by atoms with van der Waals surface area (Å²) in [7, 11) is 4.68. The van der Waals surface area contributed by atoms with Crippen molar-refractivity contribution in [2.45, 2.75) is 19.0 Å². The third-order valence-electron chi connectivity index (χ3n) is 4.83. The summed E-state index contributed by atoms with van der Waals surface area (Å²) in [5.74, 6) is 0.135. The number of rotatable bonds is 7. The third-order valence-corrected chi connectivity index (χ3v) is 5.34. The van der Waals surface area contributed by atoms with Gasteiger partial charge < -0.3 is 19.7 Å². The van der Waals surface area contributed by atoms with Crippen LogP contribution in [0.5, 0.6) is 11.5 Å². The van der Waals surface area contributed by atoms with Crippen molar-refractivity contribution >= 4 is 34.8 Å². The van der Waals surface area contributed by atoms with Gasteiger partial charge in [-0.2, -0.15) is 0 Å². The van der Waals surface area contributed by atoms with E-state index in [2.05, 4.69) is 5.32 Å². The first-order chi connectivity index (χ1) is 14.3. The highest BCUT2D eigenvalue weighted by Crippen LogP contribution is 2.30. The number of methoxy groups -OCH3 is 2. The van der Waals surface area contributed by atoms with Gasteiger partial charge in [-0.15, -0.1) is 0 Å². The average Bonchev–Trinajstić information content (AvgIpc) is 2.93. The minimum atomic E-state index is -0.740. The van der Waals surface area contributed by atoms with Crippen molar-refractivity contribution in [3.05, 3.63) is 53.8 Å². The van der Waals surface area contributed by atoms with Gasteiger partial charge in [-0.1, -0.05) is 6.07 Å². The second-order valence-corrected chi connectivity index (χ2v) is 7.14. The van der Waals surface area contributed by atoms with Crippen LogP contribution in [0.1, 0.15) is 12.0 Å². The molecule has 0 spiro atoms. The fourth-order valence-corrected chi connectivity index (χ4v) is 3.53. The van der Waals surface area contributed by atoms with Crippen molar-refractivity contribution in [2.24, 2.45) is 0 Å². The number of ether oxygens (including phenoxy) is 2. The number of amides is 2. The Balaban J connectivity index is 1.76. The van der Waals surface area contributed by atoms with E-state index in [0.29, 0.717) is 28.8 Å². The molecule has 1 aliphatic rings. The molecule has 1 N–H and O–H groups in total. The monoisotopic (exact) mass is 431 g/mol. The van der Waals surface area contributed by atoms with Gasteiger partial charge in [0.25, 0.3) is 5.91 Å². The van der Waals surface area contributed by atoms with Crippen molar-refractivity contribution in [1.29, 1.82) is 0 Å². The van der Waals surface area contributed by atoms with Crippen molar-refractivity contribution in [2.75, 3.05) is 26.6 Å². The summed E-state index contributed by atoms with van der Waals surface area (Å²) in [4.78, 5) is 28.3. The maximum absolute atomic E-state index is 13.0. The van der Waals surface area contributed by atoms with Crippen LogP contribution in [-0.2, 0) is 16.1 Å². The fourth-order valence-electron chi connectivity index (χ4n) is 3.25. The number of benzene rings is 2. The SMILES string of the molecule is COc1ccc(CN2C(=S)N(C)C(=O)C2CC(=O)Nc2ccc(F)cc2)cc1OC. The summed E-state index contributed by atoms with van der Waals surface area (Å²) in [6.45, 7) is 0.323. The van der Waals surface area contributed by atoms with Crippen molar-refractivity contribution < 1.29 is 23.5 Å². The van der Waals surface area contributed by atoms with Crippen molar-refractivity contribution in [1.82, 2.24) is 9.80 Å². The molecule has 0 radical (unpaired) electrons. The molecule has 0 aromatic heterocycles. The zero-order chi connectivity index (χ0) is 21.8. The van der Waals surface area contributed by atoms with Gasteiger partial charge in [-0.3, -0.25) is 14.5 Å². The first kappa shape index (κ1) is 21.5. The Bertz CT molecular complexity index is 967. The van der Waals surface area contributed by atoms with Gasteiger partial charge in [0, 0.05) is 19.3 Å². The molecule has 158 valence electrons. The predicted octanol–water partition coefficient (Wildman–Crippen LogP) is 2.80. The quantitative estimate of drug-likeness (QED) is 0.680. The number of nitrogens with zero attached hydrogens (tertiary/aromatic N) is 2. The normalized spacial score (nSPS) is 16.1. The Morgan fingerprint density at radius 2 is 1.80 bits per heavy atom. The molecule has 3 rings (SSSR count). The highest BCUT2D eigenvalue weighted by molar-refractivity contribution is 7.80. The highest BCUT2D eigenvalue weighted by Gasteiger charge is 2.41. The first-order valence-electron chi connectivity index (χ1n) is 9.18. The molecule has 0 saturated carbocycles. The lowest BCUT2D eigenvalue weighted by Gasteiger charge is -2.24. The number of thiocarbonyl (C=S) groups is 1. The van der Waals surface area contributed by atoms with Crippen molar-refractivity contribution in [3.63, 3.8) is 0 Å². The van der Waals surface area contributed by atoms with E-state index in [1.54, 1.807) is 38.3 Å². The van der Waals surface area contributed by atoms with Crippen LogP contribution < -0.4 is 14.8 Å². The molecular weight excluding hydrogens is 409 g/mol. The maximum atomic E-state index is 13.0. The molecule has 1 unspecified atom stereocenters. The van der Waals surface area contributed by atoms with E-state index < -0.39 is 11.9 Å². The van der Waals surface area contributed by atoms with Crippen LogP contribution >= 0.6 is 12.2 Å². The standard InChI is InChI=1S/C21H22FN3O4S/c1-24-20(27)16(11-19(26)23-15-7-5-14(22)6-8-15)25(21(24)30)12-13-4-9-17(28-2)18(10-13)29-3/h4-10,16H,11-12H2,1-3H3,(H,23,26). The van der Waals surface area contributed by atoms with Crippen LogP contribution in [0.15, 0.2) is 42.5 Å². The van der Waals surface area contributed by atoms with Crippen LogP contribution in [0.4, 0.5) is 10.1 Å². The lowest BCUT2D eigenvalue weighted by molar-refractivity contribution is -0.130. The molecule has 1 heterocycles. The molecule has 2 aromatic carbocycles. The lowest BCUT2D eigenvalue weighted by atomic mass is 10.1. The van der Waals surface area contributed by atoms with Crippen LogP contribution in [-0.4, -0.2) is 54.0 Å². The molecule has 1 fully saturated rings. The van der Waals surface area contributed by atoms with Gasteiger partial charge in [-0.05, 0) is 54.2 Å². The zero-order valence-electron chi connectivity index (χ0n) is 16.8. The molecule has 1 atom stereocenters. The molecule has 1 saturated heterocycles. The van der Waals surface area contributed by atoms with Gasteiger partial charge >= 0.3 is 0 Å². The Morgan fingerprint density at radius 1 is 1.13 bits per heavy atom. The largest absolute Gasteiger partial charge is 0.493 e. The molecule has 0 aliphatic carbocycles. The van der Waals surface area contributed by atoms with E-state index in [0.717, 1.165) is 5.56 Å². The van der Waals surface area contributed by atoms with Crippen molar-refractivity contribution in [3.8, 4) is 11.5 Å². The summed E-state index contributed by atoms with van der Waals surface area (Å²) in [6, 6.07) is 10.1. The summed E-state index contributed by atoms with van der Waals surface area (Å²) < 4.78 is 23.6. The van der Waals surface area contributed by atoms with E-state index in [-0.39, 0.29) is 18.2 Å². The Morgan fingerprint density at radius 3 is 2.43 bits per heavy atom. The molecule has 2 amide bonds. The van der Waals surface area contributed by atoms with Crippen LogP contribution in [0.2, 0.25) is 0 Å². The van der Waals surface area contributed by atoms with Crippen LogP contribution in [0.25, 0.3) is 0 Å². The van der Waals surface area contributed by atoms with E-state index in [1.807, 2.05) is 6.07 Å². The van der Waals surface area contributed by atoms with Gasteiger partial charge in [-0.25, -0.2) is 4.39 Å². The Kier molecular flexibility index (Phi) is 6.51. The van der Waals surface area contributed by atoms with E-state index in [9.17, 15) is 14.0 Å². The molecular formula is C21H22FN3O4S. The molecule has 30 heavy (non-hydrogen) atoms. The minimum Gasteiger partial charge on any atom is -0.493 e. The molecule has 1 aliphatic heterocycles. The topological polar surface area (TPSA) is 71.1 Å². The lowest BCUT2D eigenvalue weighted by Crippen LogP contribution is -2.37. The number of hydrogen-bond acceptors (Lipinski definition) is 5. The van der Waals surface area contributed by atoms with Crippen LogP contribution in [0.3, 0.4) is 0 Å². The molecule has 9 heteroatoms. The summed E-state index contributed by atoms with van der Waals surface area (Å²) in [5.41, 5.74) is 1.30. The maximum Gasteiger partial charge on any atom is 0.251 e. The number of anilines is 1. The number of carbonyl (C=O) groups is 2. The summed E-state index contributed by atoms with van der Waals surface area (Å²) >= 11 is 5.42. The van der Waals surface area contributed by atoms with Crippen LogP contribution in [0, 0.1) is 5.82 Å². The van der Waals surface area contributed by atoms with Gasteiger partial charge in [0.05, 0.1) is 20.6 Å². The number of carbonyl (C=O) groups excluding carboxylic acids is 2. The highest BCUT2D eigenvalue weighted by atomic mass is 32.1. The minimum absolute atomic E-state index is 0.0893. The Hall–Kier alpha value is -3.20. The average molecular weight is 431 g/mol. The fraction of sp³-hybridized carbons (Fsp3) is 0.286. The second kappa shape index (κ2) is 9.08. The molecule has 2 aromatic rings. The summed E-state index contributed by atoms with van der Waals surface area (Å²) in [5, 5.41) is 3.02. The number of nitrogens with one attached hydrogen (secondary N) is 1. The molecule has 0 bridgehead atoms. The smallest absolute Gasteiger partial charge is 0.251 e. The summed E-state index contributed by atoms with van der Waals surface area (Å²) in [6.07, 6.45) is -0.0893. The second-order valence-electron chi connectivity index (χ2n) is 6.77. The predicted molar refractivity (Wildman–Crippen MR) is 114 cm³/mol. The third kappa shape index (κ3) is 4.51. The first-order valence-corrected chi connectivity index (χ1v) is 9.59. The van der Waals surface area contributed by atoms with E-state index >= 15 is 0 Å². The van der Waals surface area contributed by atoms with E-state index in [1.165, 1.54) is 29.2 Å². The number of halogens is 1. The van der Waals surface area contributed by atoms with Gasteiger partial charge in [0.2, 0.25) is 5.91 Å².